The van der Waals surface area contributed by atoms with Crippen LogP contribution in [0.5, 0.6) is 0 Å². The molecule has 1 aliphatic rings. The molecule has 0 N–H and O–H groups in total. The van der Waals surface area contributed by atoms with Crippen molar-refractivity contribution >= 4 is 31.2 Å². The Labute approximate surface area is 146 Å². The molecule has 130 valence electrons. The Morgan fingerprint density at radius 1 is 1.21 bits per heavy atom. The van der Waals surface area contributed by atoms with E-state index in [0.717, 1.165) is 10.4 Å². The molecule has 1 aliphatic heterocycles. The molecule has 5 nitrogen and oxygen atoms in total. The highest BCUT2D eigenvalue weighted by atomic mass is 32.2. The summed E-state index contributed by atoms with van der Waals surface area (Å²) in [6.45, 7) is 2.09. The van der Waals surface area contributed by atoms with Gasteiger partial charge in [-0.3, -0.25) is 0 Å². The standard InChI is InChI=1S/C16H19NO4S3/c1-13-4-6-16(7-5-13)24(20,21)17(11-15-3-2-9-22-15)14-8-10-23(18,19)12-14/h2-7,9,14H,8,10-12H2,1H3. The minimum Gasteiger partial charge on any atom is -0.229 e. The Bertz CT molecular complexity index is 901. The van der Waals surface area contributed by atoms with Crippen molar-refractivity contribution < 1.29 is 16.8 Å². The third kappa shape index (κ3) is 3.72. The number of sulfone groups is 1. The zero-order valence-electron chi connectivity index (χ0n) is 13.3. The number of rotatable bonds is 5. The van der Waals surface area contributed by atoms with Gasteiger partial charge in [-0.05, 0) is 36.9 Å². The number of sulfonamides is 1. The van der Waals surface area contributed by atoms with E-state index in [-0.39, 0.29) is 22.9 Å². The van der Waals surface area contributed by atoms with Gasteiger partial charge in [0.05, 0.1) is 16.4 Å². The molecule has 0 amide bonds. The number of thiophene rings is 1. The predicted octanol–water partition coefficient (Wildman–Crippen LogP) is 2.43. The molecule has 0 bridgehead atoms. The van der Waals surface area contributed by atoms with Crippen molar-refractivity contribution in [3.63, 3.8) is 0 Å². The smallest absolute Gasteiger partial charge is 0.229 e. The van der Waals surface area contributed by atoms with Gasteiger partial charge in [-0.2, -0.15) is 4.31 Å². The third-order valence-electron chi connectivity index (χ3n) is 4.14. The van der Waals surface area contributed by atoms with Crippen LogP contribution in [0.4, 0.5) is 0 Å². The van der Waals surface area contributed by atoms with Crippen molar-refractivity contribution in [2.45, 2.75) is 30.8 Å². The van der Waals surface area contributed by atoms with E-state index in [1.165, 1.54) is 15.6 Å². The number of hydrogen-bond donors (Lipinski definition) is 0. The summed E-state index contributed by atoms with van der Waals surface area (Å²) in [6.07, 6.45) is 0.346. The van der Waals surface area contributed by atoms with Crippen molar-refractivity contribution in [3.8, 4) is 0 Å². The molecule has 0 saturated carbocycles. The van der Waals surface area contributed by atoms with Crippen LogP contribution < -0.4 is 0 Å². The maximum Gasteiger partial charge on any atom is 0.243 e. The van der Waals surface area contributed by atoms with Gasteiger partial charge in [0.2, 0.25) is 10.0 Å². The molecular formula is C16H19NO4S3. The van der Waals surface area contributed by atoms with Gasteiger partial charge in [-0.1, -0.05) is 23.8 Å². The Balaban J connectivity index is 1.98. The van der Waals surface area contributed by atoms with E-state index in [4.69, 9.17) is 0 Å². The highest BCUT2D eigenvalue weighted by Crippen LogP contribution is 2.28. The van der Waals surface area contributed by atoms with E-state index in [9.17, 15) is 16.8 Å². The molecule has 0 aliphatic carbocycles. The second kappa shape index (κ2) is 6.59. The van der Waals surface area contributed by atoms with Gasteiger partial charge in [0.25, 0.3) is 0 Å². The van der Waals surface area contributed by atoms with E-state index in [1.807, 2.05) is 24.4 Å². The molecule has 1 aromatic heterocycles. The second-order valence-corrected chi connectivity index (χ2v) is 11.2. The molecule has 1 unspecified atom stereocenters. The zero-order chi connectivity index (χ0) is 17.4. The van der Waals surface area contributed by atoms with E-state index < -0.39 is 25.9 Å². The van der Waals surface area contributed by atoms with Crippen LogP contribution in [0, 0.1) is 6.92 Å². The molecule has 8 heteroatoms. The molecule has 0 spiro atoms. The van der Waals surface area contributed by atoms with Gasteiger partial charge < -0.3 is 0 Å². The van der Waals surface area contributed by atoms with Crippen molar-refractivity contribution in [3.05, 3.63) is 52.2 Å². The van der Waals surface area contributed by atoms with Crippen LogP contribution in [0.25, 0.3) is 0 Å². The van der Waals surface area contributed by atoms with E-state index in [2.05, 4.69) is 0 Å². The fourth-order valence-corrected chi connectivity index (χ4v) is 7.06. The molecule has 3 rings (SSSR count). The first-order valence-electron chi connectivity index (χ1n) is 7.59. The van der Waals surface area contributed by atoms with Crippen LogP contribution in [-0.2, 0) is 26.4 Å². The summed E-state index contributed by atoms with van der Waals surface area (Å²) in [7, 11) is -6.92. The Hall–Kier alpha value is -1.22. The Kier molecular flexibility index (Phi) is 4.83. The largest absolute Gasteiger partial charge is 0.243 e. The third-order valence-corrected chi connectivity index (χ3v) is 8.66. The molecule has 24 heavy (non-hydrogen) atoms. The van der Waals surface area contributed by atoms with E-state index in [1.54, 1.807) is 24.3 Å². The van der Waals surface area contributed by atoms with Crippen molar-refractivity contribution in [2.75, 3.05) is 11.5 Å². The van der Waals surface area contributed by atoms with E-state index in [0.29, 0.717) is 6.42 Å². The first-order valence-corrected chi connectivity index (χ1v) is 11.7. The van der Waals surface area contributed by atoms with Crippen LogP contribution >= 0.6 is 11.3 Å². The van der Waals surface area contributed by atoms with Crippen LogP contribution in [0.1, 0.15) is 16.9 Å². The summed E-state index contributed by atoms with van der Waals surface area (Å²) in [5.74, 6) is -0.0640. The van der Waals surface area contributed by atoms with Gasteiger partial charge in [0.15, 0.2) is 9.84 Å². The predicted molar refractivity (Wildman–Crippen MR) is 95.3 cm³/mol. The second-order valence-electron chi connectivity index (χ2n) is 6.00. The summed E-state index contributed by atoms with van der Waals surface area (Å²) >= 11 is 1.47. The summed E-state index contributed by atoms with van der Waals surface area (Å²) in [4.78, 5) is 1.10. The van der Waals surface area contributed by atoms with Gasteiger partial charge >= 0.3 is 0 Å². The Morgan fingerprint density at radius 3 is 2.46 bits per heavy atom. The van der Waals surface area contributed by atoms with Crippen LogP contribution in [0.15, 0.2) is 46.7 Å². The quantitative estimate of drug-likeness (QED) is 0.792. The van der Waals surface area contributed by atoms with Gasteiger partial charge in [-0.15, -0.1) is 11.3 Å². The monoisotopic (exact) mass is 385 g/mol. The molecule has 2 aromatic rings. The minimum absolute atomic E-state index is 0.0437. The van der Waals surface area contributed by atoms with Gasteiger partial charge in [0.1, 0.15) is 0 Å². The lowest BCUT2D eigenvalue weighted by atomic mass is 10.2. The zero-order valence-corrected chi connectivity index (χ0v) is 15.7. The van der Waals surface area contributed by atoms with Crippen molar-refractivity contribution in [1.82, 2.24) is 4.31 Å². The normalized spacial score (nSPS) is 20.5. The molecule has 2 heterocycles. The molecule has 1 fully saturated rings. The average Bonchev–Trinajstić information content (AvgIpc) is 3.14. The lowest BCUT2D eigenvalue weighted by Gasteiger charge is -2.27. The minimum atomic E-state index is -3.75. The van der Waals surface area contributed by atoms with Crippen molar-refractivity contribution in [1.29, 1.82) is 0 Å². The SMILES string of the molecule is Cc1ccc(S(=O)(=O)N(Cc2cccs2)C2CCS(=O)(=O)C2)cc1. The maximum atomic E-state index is 13.1. The topological polar surface area (TPSA) is 71.5 Å². The van der Waals surface area contributed by atoms with E-state index >= 15 is 0 Å². The Morgan fingerprint density at radius 2 is 1.92 bits per heavy atom. The summed E-state index contributed by atoms with van der Waals surface area (Å²) in [5.41, 5.74) is 0.974. The average molecular weight is 386 g/mol. The highest BCUT2D eigenvalue weighted by molar-refractivity contribution is 7.92. The van der Waals surface area contributed by atoms with Gasteiger partial charge in [0, 0.05) is 17.5 Å². The number of nitrogens with zero attached hydrogens (tertiary/aromatic N) is 1. The molecular weight excluding hydrogens is 366 g/mol. The van der Waals surface area contributed by atoms with Crippen LogP contribution in [0.3, 0.4) is 0 Å². The van der Waals surface area contributed by atoms with Crippen LogP contribution in [0.2, 0.25) is 0 Å². The van der Waals surface area contributed by atoms with Gasteiger partial charge in [-0.25, -0.2) is 16.8 Å². The fraction of sp³-hybridized carbons (Fsp3) is 0.375. The summed E-state index contributed by atoms with van der Waals surface area (Å²) in [6, 6.07) is 9.88. The van der Waals surface area contributed by atoms with Crippen LogP contribution in [-0.4, -0.2) is 38.7 Å². The first-order chi connectivity index (χ1) is 11.3. The maximum absolute atomic E-state index is 13.1. The fourth-order valence-electron chi connectivity index (χ4n) is 2.81. The first kappa shape index (κ1) is 17.6. The summed E-state index contributed by atoms with van der Waals surface area (Å²) in [5, 5.41) is 1.89. The number of hydrogen-bond acceptors (Lipinski definition) is 5. The van der Waals surface area contributed by atoms with Crippen molar-refractivity contribution in [2.24, 2.45) is 0 Å². The molecule has 1 atom stereocenters. The lowest BCUT2D eigenvalue weighted by molar-refractivity contribution is 0.336. The molecule has 1 aromatic carbocycles. The summed E-state index contributed by atoms with van der Waals surface area (Å²) < 4.78 is 51.2. The number of aryl methyl sites for hydroxylation is 1. The lowest BCUT2D eigenvalue weighted by Crippen LogP contribution is -2.40. The number of benzene rings is 1. The highest BCUT2D eigenvalue weighted by Gasteiger charge is 2.38. The molecule has 0 radical (unpaired) electrons. The molecule has 1 saturated heterocycles.